The Morgan fingerprint density at radius 1 is 1.28 bits per heavy atom. The fourth-order valence-corrected chi connectivity index (χ4v) is 2.81. The largest absolute Gasteiger partial charge is 0.497 e. The molecule has 0 aliphatic carbocycles. The fraction of sp³-hybridized carbons (Fsp3) is 0.294. The van der Waals surface area contributed by atoms with Gasteiger partial charge in [0.1, 0.15) is 5.75 Å². The summed E-state index contributed by atoms with van der Waals surface area (Å²) in [6.07, 6.45) is 0.679. The molecule has 0 saturated carbocycles. The third kappa shape index (κ3) is 4.63. The van der Waals surface area contributed by atoms with E-state index in [4.69, 9.17) is 9.26 Å². The Bertz CT molecular complexity index is 842. The molecule has 130 valence electrons. The fourth-order valence-electron chi connectivity index (χ4n) is 2.20. The van der Waals surface area contributed by atoms with Gasteiger partial charge < -0.3 is 14.6 Å². The summed E-state index contributed by atoms with van der Waals surface area (Å²) in [5.41, 5.74) is 1.70. The summed E-state index contributed by atoms with van der Waals surface area (Å²) in [6, 6.07) is 7.38. The van der Waals surface area contributed by atoms with Crippen LogP contribution >= 0.6 is 11.3 Å². The molecule has 7 nitrogen and oxygen atoms in total. The zero-order valence-corrected chi connectivity index (χ0v) is 14.8. The zero-order valence-electron chi connectivity index (χ0n) is 14.0. The van der Waals surface area contributed by atoms with Gasteiger partial charge in [-0.15, -0.1) is 11.3 Å². The minimum Gasteiger partial charge on any atom is -0.497 e. The van der Waals surface area contributed by atoms with Crippen molar-refractivity contribution in [2.24, 2.45) is 0 Å². The Morgan fingerprint density at radius 3 is 2.76 bits per heavy atom. The molecule has 0 saturated heterocycles. The molecule has 1 amide bonds. The van der Waals surface area contributed by atoms with Crippen molar-refractivity contribution in [3.05, 3.63) is 46.2 Å². The molecular weight excluding hydrogens is 340 g/mol. The molecule has 0 fully saturated rings. The Kier molecular flexibility index (Phi) is 5.39. The van der Waals surface area contributed by atoms with Gasteiger partial charge in [-0.25, -0.2) is 4.98 Å². The standard InChI is InChI=1S/C17H18N4O3S/c1-11-19-13(10-25-11)9-18-15(22)7-8-16-20-17(21-24-16)12-3-5-14(23-2)6-4-12/h3-6,10H,7-9H2,1-2H3,(H,18,22). The lowest BCUT2D eigenvalue weighted by Crippen LogP contribution is -2.23. The van der Waals surface area contributed by atoms with Crippen LogP contribution in [0.1, 0.15) is 23.0 Å². The van der Waals surface area contributed by atoms with E-state index in [1.165, 1.54) is 0 Å². The van der Waals surface area contributed by atoms with E-state index in [9.17, 15) is 4.79 Å². The lowest BCUT2D eigenvalue weighted by Gasteiger charge is -2.01. The van der Waals surface area contributed by atoms with Gasteiger partial charge in [0.15, 0.2) is 0 Å². The van der Waals surface area contributed by atoms with Crippen molar-refractivity contribution >= 4 is 17.2 Å². The van der Waals surface area contributed by atoms with Crippen LogP contribution in [0.4, 0.5) is 0 Å². The number of nitrogens with zero attached hydrogens (tertiary/aromatic N) is 3. The molecule has 0 radical (unpaired) electrons. The summed E-state index contributed by atoms with van der Waals surface area (Å²) < 4.78 is 10.3. The number of thiazole rings is 1. The summed E-state index contributed by atoms with van der Waals surface area (Å²) in [4.78, 5) is 20.5. The number of amides is 1. The average molecular weight is 358 g/mol. The zero-order chi connectivity index (χ0) is 17.6. The van der Waals surface area contributed by atoms with Gasteiger partial charge in [0.05, 0.1) is 24.4 Å². The molecule has 3 aromatic rings. The second kappa shape index (κ2) is 7.89. The second-order valence-electron chi connectivity index (χ2n) is 5.37. The number of aryl methyl sites for hydroxylation is 2. The quantitative estimate of drug-likeness (QED) is 0.698. The van der Waals surface area contributed by atoms with Gasteiger partial charge in [-0.05, 0) is 31.2 Å². The van der Waals surface area contributed by atoms with Crippen molar-refractivity contribution in [1.29, 1.82) is 0 Å². The first-order chi connectivity index (χ1) is 12.1. The first-order valence-corrected chi connectivity index (χ1v) is 8.66. The molecule has 8 heteroatoms. The highest BCUT2D eigenvalue weighted by Crippen LogP contribution is 2.20. The van der Waals surface area contributed by atoms with Gasteiger partial charge in [0.25, 0.3) is 0 Å². The van der Waals surface area contributed by atoms with Crippen LogP contribution in [-0.4, -0.2) is 28.1 Å². The first kappa shape index (κ1) is 17.1. The number of hydrogen-bond donors (Lipinski definition) is 1. The van der Waals surface area contributed by atoms with Gasteiger partial charge in [-0.3, -0.25) is 4.79 Å². The Morgan fingerprint density at radius 2 is 2.08 bits per heavy atom. The molecule has 0 aliphatic heterocycles. The number of carbonyl (C=O) groups is 1. The molecule has 2 aromatic heterocycles. The van der Waals surface area contributed by atoms with Crippen LogP contribution < -0.4 is 10.1 Å². The normalized spacial score (nSPS) is 10.6. The maximum Gasteiger partial charge on any atom is 0.227 e. The van der Waals surface area contributed by atoms with Gasteiger partial charge >= 0.3 is 0 Å². The Labute approximate surface area is 149 Å². The Balaban J connectivity index is 1.50. The smallest absolute Gasteiger partial charge is 0.227 e. The van der Waals surface area contributed by atoms with Crippen LogP contribution in [0.25, 0.3) is 11.4 Å². The summed E-state index contributed by atoms with van der Waals surface area (Å²) in [7, 11) is 1.61. The molecule has 0 unspecified atom stereocenters. The van der Waals surface area contributed by atoms with Crippen molar-refractivity contribution < 1.29 is 14.1 Å². The van der Waals surface area contributed by atoms with Crippen molar-refractivity contribution in [3.63, 3.8) is 0 Å². The van der Waals surface area contributed by atoms with Gasteiger partial charge in [-0.1, -0.05) is 5.16 Å². The summed E-state index contributed by atoms with van der Waals surface area (Å²) >= 11 is 1.57. The molecule has 1 aromatic carbocycles. The molecule has 3 rings (SSSR count). The van der Waals surface area contributed by atoms with Crippen molar-refractivity contribution in [2.75, 3.05) is 7.11 Å². The predicted molar refractivity (Wildman–Crippen MR) is 93.3 cm³/mol. The molecule has 0 spiro atoms. The van der Waals surface area contributed by atoms with Crippen LogP contribution in [0.15, 0.2) is 34.2 Å². The summed E-state index contributed by atoms with van der Waals surface area (Å²) in [5, 5.41) is 9.71. The van der Waals surface area contributed by atoms with Crippen molar-refractivity contribution in [1.82, 2.24) is 20.4 Å². The van der Waals surface area contributed by atoms with Crippen LogP contribution in [0.5, 0.6) is 5.75 Å². The molecule has 0 aliphatic rings. The molecule has 25 heavy (non-hydrogen) atoms. The van der Waals surface area contributed by atoms with Crippen LogP contribution in [0, 0.1) is 6.92 Å². The maximum atomic E-state index is 11.9. The van der Waals surface area contributed by atoms with E-state index in [-0.39, 0.29) is 12.3 Å². The van der Waals surface area contributed by atoms with E-state index < -0.39 is 0 Å². The van der Waals surface area contributed by atoms with E-state index in [2.05, 4.69) is 20.4 Å². The molecule has 2 heterocycles. The molecular formula is C17H18N4O3S. The molecule has 0 atom stereocenters. The Hall–Kier alpha value is -2.74. The number of ether oxygens (including phenoxy) is 1. The highest BCUT2D eigenvalue weighted by Gasteiger charge is 2.11. The van der Waals surface area contributed by atoms with Crippen molar-refractivity contribution in [2.45, 2.75) is 26.3 Å². The third-order valence-electron chi connectivity index (χ3n) is 3.52. The summed E-state index contributed by atoms with van der Waals surface area (Å²) in [5.74, 6) is 1.62. The van der Waals surface area contributed by atoms with Crippen LogP contribution in [0.2, 0.25) is 0 Å². The van der Waals surface area contributed by atoms with Gasteiger partial charge in [0, 0.05) is 23.8 Å². The number of aromatic nitrogens is 3. The van der Waals surface area contributed by atoms with E-state index >= 15 is 0 Å². The number of benzene rings is 1. The minimum atomic E-state index is -0.0742. The number of hydrogen-bond acceptors (Lipinski definition) is 7. The van der Waals surface area contributed by atoms with Crippen LogP contribution in [0.3, 0.4) is 0 Å². The number of rotatable bonds is 7. The number of carbonyl (C=O) groups excluding carboxylic acids is 1. The average Bonchev–Trinajstić information content (AvgIpc) is 3.27. The van der Waals surface area contributed by atoms with Crippen LogP contribution in [-0.2, 0) is 17.8 Å². The highest BCUT2D eigenvalue weighted by molar-refractivity contribution is 7.09. The predicted octanol–water partition coefficient (Wildman–Crippen LogP) is 2.76. The molecule has 1 N–H and O–H groups in total. The van der Waals surface area contributed by atoms with E-state index in [0.717, 1.165) is 22.0 Å². The topological polar surface area (TPSA) is 90.1 Å². The number of methoxy groups -OCH3 is 1. The maximum absolute atomic E-state index is 11.9. The number of nitrogens with one attached hydrogen (secondary N) is 1. The highest BCUT2D eigenvalue weighted by atomic mass is 32.1. The van der Waals surface area contributed by atoms with Crippen molar-refractivity contribution in [3.8, 4) is 17.1 Å². The van der Waals surface area contributed by atoms with E-state index in [1.54, 1.807) is 18.4 Å². The van der Waals surface area contributed by atoms with E-state index in [0.29, 0.717) is 24.7 Å². The third-order valence-corrected chi connectivity index (χ3v) is 4.34. The monoisotopic (exact) mass is 358 g/mol. The van der Waals surface area contributed by atoms with Gasteiger partial charge in [-0.2, -0.15) is 4.98 Å². The van der Waals surface area contributed by atoms with Gasteiger partial charge in [0.2, 0.25) is 17.6 Å². The minimum absolute atomic E-state index is 0.0742. The lowest BCUT2D eigenvalue weighted by molar-refractivity contribution is -0.121. The second-order valence-corrected chi connectivity index (χ2v) is 6.44. The van der Waals surface area contributed by atoms with E-state index in [1.807, 2.05) is 36.6 Å². The SMILES string of the molecule is COc1ccc(-c2noc(CCC(=O)NCc3csc(C)n3)n2)cc1. The molecule has 0 bridgehead atoms. The lowest BCUT2D eigenvalue weighted by atomic mass is 10.2. The first-order valence-electron chi connectivity index (χ1n) is 7.79. The summed E-state index contributed by atoms with van der Waals surface area (Å²) in [6.45, 7) is 2.37.